The van der Waals surface area contributed by atoms with Gasteiger partial charge in [0.1, 0.15) is 0 Å². The molecule has 0 aliphatic carbocycles. The number of thiophene rings is 1. The summed E-state index contributed by atoms with van der Waals surface area (Å²) in [4.78, 5) is 32.9. The molecule has 4 rings (SSSR count). The van der Waals surface area contributed by atoms with Crippen molar-refractivity contribution < 1.29 is 9.59 Å². The summed E-state index contributed by atoms with van der Waals surface area (Å²) < 4.78 is 0. The van der Waals surface area contributed by atoms with Crippen LogP contribution in [-0.4, -0.2) is 16.8 Å². The minimum Gasteiger partial charge on any atom is -0.350 e. The second-order valence-corrected chi connectivity index (χ2v) is 7.89. The fourth-order valence-corrected chi connectivity index (χ4v) is 4.46. The number of pyridine rings is 1. The molecule has 1 aromatic carbocycles. The maximum atomic E-state index is 13.0. The largest absolute Gasteiger partial charge is 0.350 e. The molecule has 5 nitrogen and oxygen atoms in total. The quantitative estimate of drug-likeness (QED) is 0.718. The Balaban J connectivity index is 1.60. The number of aromatic nitrogens is 1. The van der Waals surface area contributed by atoms with Crippen molar-refractivity contribution in [2.75, 3.05) is 4.90 Å². The van der Waals surface area contributed by atoms with Crippen LogP contribution in [0.15, 0.2) is 66.2 Å². The third-order valence-corrected chi connectivity index (χ3v) is 5.92. The van der Waals surface area contributed by atoms with Crippen molar-refractivity contribution >= 4 is 28.8 Å². The molecule has 3 heterocycles. The van der Waals surface area contributed by atoms with Crippen LogP contribution in [0.5, 0.6) is 0 Å². The first-order valence-corrected chi connectivity index (χ1v) is 10.1. The smallest absolute Gasteiger partial charge is 0.228 e. The summed E-state index contributed by atoms with van der Waals surface area (Å²) in [6.45, 7) is 2.37. The number of hydrogen-bond donors (Lipinski definition) is 1. The zero-order valence-electron chi connectivity index (χ0n) is 15.5. The number of carbonyl (C=O) groups is 2. The Morgan fingerprint density at radius 3 is 2.68 bits per heavy atom. The minimum atomic E-state index is -0.434. The Hall–Kier alpha value is -2.99. The summed E-state index contributed by atoms with van der Waals surface area (Å²) in [6, 6.07) is 17.1. The molecule has 1 aliphatic rings. The van der Waals surface area contributed by atoms with E-state index >= 15 is 0 Å². The third kappa shape index (κ3) is 3.68. The number of anilines is 1. The second kappa shape index (κ2) is 7.94. The highest BCUT2D eigenvalue weighted by molar-refractivity contribution is 7.10. The molecule has 1 saturated heterocycles. The lowest BCUT2D eigenvalue weighted by Gasteiger charge is -2.27. The maximum absolute atomic E-state index is 13.0. The SMILES string of the molecule is Cc1ccc(N2C(=O)CC(C(=O)NCc3ccccn3)C2c2cccs2)cc1. The van der Waals surface area contributed by atoms with Crippen LogP contribution in [0.4, 0.5) is 5.69 Å². The van der Waals surface area contributed by atoms with E-state index < -0.39 is 5.92 Å². The van der Waals surface area contributed by atoms with Gasteiger partial charge in [-0.25, -0.2) is 0 Å². The first kappa shape index (κ1) is 18.4. The van der Waals surface area contributed by atoms with Crippen LogP contribution >= 0.6 is 11.3 Å². The highest BCUT2D eigenvalue weighted by Gasteiger charge is 2.45. The standard InChI is InChI=1S/C22H21N3O2S/c1-15-7-9-17(10-8-15)25-20(26)13-18(21(25)19-6-4-12-28-19)22(27)24-14-16-5-2-3-11-23-16/h2-12,18,21H,13-14H2,1H3,(H,24,27). The monoisotopic (exact) mass is 391 g/mol. The van der Waals surface area contributed by atoms with Gasteiger partial charge < -0.3 is 10.2 Å². The Kier molecular flexibility index (Phi) is 5.21. The summed E-state index contributed by atoms with van der Waals surface area (Å²) in [5.41, 5.74) is 2.75. The molecule has 0 bridgehead atoms. The number of nitrogens with one attached hydrogen (secondary N) is 1. The summed E-state index contributed by atoms with van der Waals surface area (Å²) >= 11 is 1.57. The van der Waals surface area contributed by atoms with Gasteiger partial charge in [-0.05, 0) is 42.6 Å². The van der Waals surface area contributed by atoms with Crippen molar-refractivity contribution in [2.24, 2.45) is 5.92 Å². The molecule has 0 saturated carbocycles. The van der Waals surface area contributed by atoms with Crippen LogP contribution in [0.1, 0.15) is 28.6 Å². The molecular formula is C22H21N3O2S. The van der Waals surface area contributed by atoms with E-state index in [0.717, 1.165) is 21.8 Å². The maximum Gasteiger partial charge on any atom is 0.228 e. The van der Waals surface area contributed by atoms with Gasteiger partial charge >= 0.3 is 0 Å². The van der Waals surface area contributed by atoms with Crippen molar-refractivity contribution in [3.05, 3.63) is 82.3 Å². The molecule has 0 spiro atoms. The van der Waals surface area contributed by atoms with E-state index in [1.807, 2.05) is 66.9 Å². The fraction of sp³-hybridized carbons (Fsp3) is 0.227. The number of benzene rings is 1. The zero-order chi connectivity index (χ0) is 19.5. The lowest BCUT2D eigenvalue weighted by molar-refractivity contribution is -0.127. The molecule has 1 fully saturated rings. The molecular weight excluding hydrogens is 370 g/mol. The molecule has 2 aromatic heterocycles. The average molecular weight is 391 g/mol. The number of hydrogen-bond acceptors (Lipinski definition) is 4. The van der Waals surface area contributed by atoms with E-state index in [1.165, 1.54) is 0 Å². The van der Waals surface area contributed by atoms with E-state index in [4.69, 9.17) is 0 Å². The minimum absolute atomic E-state index is 0.0276. The molecule has 2 amide bonds. The van der Waals surface area contributed by atoms with Crippen LogP contribution in [-0.2, 0) is 16.1 Å². The number of amides is 2. The van der Waals surface area contributed by atoms with Crippen molar-refractivity contribution in [3.8, 4) is 0 Å². The zero-order valence-corrected chi connectivity index (χ0v) is 16.4. The Morgan fingerprint density at radius 2 is 2.00 bits per heavy atom. The van der Waals surface area contributed by atoms with E-state index in [2.05, 4.69) is 10.3 Å². The van der Waals surface area contributed by atoms with Crippen LogP contribution in [0.3, 0.4) is 0 Å². The topological polar surface area (TPSA) is 62.3 Å². The van der Waals surface area contributed by atoms with Crippen LogP contribution in [0.2, 0.25) is 0 Å². The van der Waals surface area contributed by atoms with Gasteiger partial charge in [0.15, 0.2) is 0 Å². The number of nitrogens with zero attached hydrogens (tertiary/aromatic N) is 2. The fourth-order valence-electron chi connectivity index (χ4n) is 3.58. The van der Waals surface area contributed by atoms with Crippen LogP contribution in [0.25, 0.3) is 0 Å². The predicted octanol–water partition coefficient (Wildman–Crippen LogP) is 3.86. The van der Waals surface area contributed by atoms with E-state index in [-0.39, 0.29) is 24.3 Å². The molecule has 142 valence electrons. The number of aryl methyl sites for hydroxylation is 1. The first-order chi connectivity index (χ1) is 13.6. The molecule has 3 aromatic rings. The molecule has 6 heteroatoms. The van der Waals surface area contributed by atoms with Crippen molar-refractivity contribution in [1.29, 1.82) is 0 Å². The van der Waals surface area contributed by atoms with Crippen LogP contribution in [0, 0.1) is 12.8 Å². The predicted molar refractivity (Wildman–Crippen MR) is 110 cm³/mol. The Bertz CT molecular complexity index is 955. The molecule has 1 N–H and O–H groups in total. The second-order valence-electron chi connectivity index (χ2n) is 6.91. The lowest BCUT2D eigenvalue weighted by Crippen LogP contribution is -2.35. The van der Waals surface area contributed by atoms with Crippen molar-refractivity contribution in [1.82, 2.24) is 10.3 Å². The molecule has 1 aliphatic heterocycles. The van der Waals surface area contributed by atoms with Gasteiger partial charge in [0.05, 0.1) is 24.2 Å². The molecule has 0 radical (unpaired) electrons. The number of carbonyl (C=O) groups excluding carboxylic acids is 2. The average Bonchev–Trinajstić information content (AvgIpc) is 3.35. The summed E-state index contributed by atoms with van der Waals surface area (Å²) in [6.07, 6.45) is 1.90. The van der Waals surface area contributed by atoms with Gasteiger partial charge in [0, 0.05) is 23.2 Å². The van der Waals surface area contributed by atoms with Gasteiger partial charge in [-0.1, -0.05) is 29.8 Å². The van der Waals surface area contributed by atoms with E-state index in [9.17, 15) is 9.59 Å². The van der Waals surface area contributed by atoms with Gasteiger partial charge in [0.2, 0.25) is 11.8 Å². The van der Waals surface area contributed by atoms with Gasteiger partial charge in [-0.15, -0.1) is 11.3 Å². The molecule has 2 atom stereocenters. The van der Waals surface area contributed by atoms with Crippen LogP contribution < -0.4 is 10.2 Å². The number of rotatable bonds is 5. The van der Waals surface area contributed by atoms with Crippen molar-refractivity contribution in [3.63, 3.8) is 0 Å². The van der Waals surface area contributed by atoms with Gasteiger partial charge in [-0.3, -0.25) is 14.6 Å². The third-order valence-electron chi connectivity index (χ3n) is 4.98. The van der Waals surface area contributed by atoms with E-state index in [0.29, 0.717) is 6.54 Å². The van der Waals surface area contributed by atoms with E-state index in [1.54, 1.807) is 22.4 Å². The van der Waals surface area contributed by atoms with Crippen molar-refractivity contribution in [2.45, 2.75) is 25.9 Å². The summed E-state index contributed by atoms with van der Waals surface area (Å²) in [7, 11) is 0. The lowest BCUT2D eigenvalue weighted by atomic mass is 9.97. The highest BCUT2D eigenvalue weighted by Crippen LogP contribution is 2.43. The molecule has 2 unspecified atom stereocenters. The Labute approximate surface area is 168 Å². The first-order valence-electron chi connectivity index (χ1n) is 9.23. The normalized spacial score (nSPS) is 19.0. The molecule has 28 heavy (non-hydrogen) atoms. The van der Waals surface area contributed by atoms with Gasteiger partial charge in [0.25, 0.3) is 0 Å². The summed E-state index contributed by atoms with van der Waals surface area (Å²) in [5, 5.41) is 4.94. The Morgan fingerprint density at radius 1 is 1.18 bits per heavy atom. The summed E-state index contributed by atoms with van der Waals surface area (Å²) in [5.74, 6) is -0.580. The van der Waals surface area contributed by atoms with Gasteiger partial charge in [-0.2, -0.15) is 0 Å². The highest BCUT2D eigenvalue weighted by atomic mass is 32.1.